The summed E-state index contributed by atoms with van der Waals surface area (Å²) in [5.41, 5.74) is 0.531. The van der Waals surface area contributed by atoms with Gasteiger partial charge in [-0.2, -0.15) is 0 Å². The van der Waals surface area contributed by atoms with E-state index in [1.165, 1.54) is 0 Å². The average molecular weight is 487 g/mol. The van der Waals surface area contributed by atoms with Crippen molar-refractivity contribution >= 4 is 40.3 Å². The Hall–Kier alpha value is -3.66. The van der Waals surface area contributed by atoms with Gasteiger partial charge in [0.2, 0.25) is 11.8 Å². The van der Waals surface area contributed by atoms with Crippen molar-refractivity contribution in [1.82, 2.24) is 16.0 Å². The van der Waals surface area contributed by atoms with Crippen molar-refractivity contribution < 1.29 is 29.4 Å². The third-order valence-electron chi connectivity index (χ3n) is 5.41. The number of anilines is 1. The number of carbonyl (C=O) groups is 4. The predicted molar refractivity (Wildman–Crippen MR) is 133 cm³/mol. The van der Waals surface area contributed by atoms with E-state index in [0.29, 0.717) is 5.69 Å². The smallest absolute Gasteiger partial charge is 0.326 e. The Balaban J connectivity index is 2.08. The van der Waals surface area contributed by atoms with E-state index in [0.717, 1.165) is 10.8 Å². The second-order valence-corrected chi connectivity index (χ2v) is 9.12. The largest absolute Gasteiger partial charge is 0.480 e. The van der Waals surface area contributed by atoms with Crippen molar-refractivity contribution in [3.05, 3.63) is 42.5 Å². The van der Waals surface area contributed by atoms with Crippen LogP contribution in [0.3, 0.4) is 0 Å². The Kier molecular flexibility index (Phi) is 10.0. The fraction of sp³-hybridized carbons (Fsp3) is 0.440. The van der Waals surface area contributed by atoms with Crippen molar-refractivity contribution in [3.8, 4) is 0 Å². The summed E-state index contributed by atoms with van der Waals surface area (Å²) >= 11 is 0. The molecule has 6 N–H and O–H groups in total. The van der Waals surface area contributed by atoms with Crippen LogP contribution >= 0.6 is 0 Å². The summed E-state index contributed by atoms with van der Waals surface area (Å²) in [6.45, 7) is 6.32. The first-order valence-electron chi connectivity index (χ1n) is 11.5. The molecule has 0 unspecified atom stereocenters. The van der Waals surface area contributed by atoms with E-state index in [-0.39, 0.29) is 18.3 Å². The molecule has 35 heavy (non-hydrogen) atoms. The molecule has 2 aromatic rings. The lowest BCUT2D eigenvalue weighted by atomic mass is 10.00. The number of hydrogen-bond donors (Lipinski definition) is 6. The van der Waals surface area contributed by atoms with Gasteiger partial charge in [-0.3, -0.25) is 9.59 Å². The van der Waals surface area contributed by atoms with Crippen molar-refractivity contribution in [2.45, 2.75) is 52.2 Å². The molecule has 0 aromatic heterocycles. The van der Waals surface area contributed by atoms with E-state index >= 15 is 0 Å². The van der Waals surface area contributed by atoms with Gasteiger partial charge in [0.1, 0.15) is 18.1 Å². The molecule has 0 aliphatic heterocycles. The molecular formula is C25H34N4O6. The quantitative estimate of drug-likeness (QED) is 0.285. The number of hydrogen-bond acceptors (Lipinski definition) is 5. The lowest BCUT2D eigenvalue weighted by Crippen LogP contribution is -2.57. The number of amides is 4. The molecule has 0 aliphatic carbocycles. The molecule has 10 nitrogen and oxygen atoms in total. The van der Waals surface area contributed by atoms with Gasteiger partial charge in [0.05, 0.1) is 12.3 Å². The van der Waals surface area contributed by atoms with Crippen LogP contribution in [0.1, 0.15) is 34.1 Å². The van der Waals surface area contributed by atoms with E-state index in [4.69, 9.17) is 0 Å². The summed E-state index contributed by atoms with van der Waals surface area (Å²) in [5.74, 6) is -2.95. The number of aliphatic hydroxyl groups excluding tert-OH is 1. The number of carboxylic acid groups (broad SMARTS) is 1. The van der Waals surface area contributed by atoms with Crippen molar-refractivity contribution in [2.24, 2.45) is 11.8 Å². The number of urea groups is 1. The maximum absolute atomic E-state index is 12.8. The first-order valence-corrected chi connectivity index (χ1v) is 11.5. The second-order valence-electron chi connectivity index (χ2n) is 9.12. The van der Waals surface area contributed by atoms with Crippen LogP contribution in [0.4, 0.5) is 10.5 Å². The highest BCUT2D eigenvalue weighted by molar-refractivity contribution is 6.02. The van der Waals surface area contributed by atoms with Gasteiger partial charge in [-0.05, 0) is 29.7 Å². The van der Waals surface area contributed by atoms with Crippen molar-refractivity contribution in [2.75, 3.05) is 11.9 Å². The van der Waals surface area contributed by atoms with Gasteiger partial charge >= 0.3 is 12.0 Å². The molecule has 0 aliphatic rings. The Morgan fingerprint density at radius 2 is 1.46 bits per heavy atom. The number of aliphatic hydroxyl groups is 1. The van der Waals surface area contributed by atoms with Gasteiger partial charge in [-0.1, -0.05) is 64.1 Å². The molecule has 0 saturated heterocycles. The molecule has 10 heteroatoms. The Morgan fingerprint density at radius 3 is 2.06 bits per heavy atom. The minimum atomic E-state index is -1.33. The molecule has 0 spiro atoms. The third kappa shape index (κ3) is 7.96. The van der Waals surface area contributed by atoms with Crippen LogP contribution in [-0.4, -0.2) is 58.8 Å². The summed E-state index contributed by atoms with van der Waals surface area (Å²) in [5, 5.41) is 30.9. The summed E-state index contributed by atoms with van der Waals surface area (Å²) < 4.78 is 0. The SMILES string of the molecule is CC(C)C[C@H](NC(=O)[C@H](CO)NC(=O)Nc1cccc2ccccc12)C(=O)N[C@H](C(=O)O)C(C)C. The maximum atomic E-state index is 12.8. The standard InChI is InChI=1S/C25H34N4O6/c1-14(2)12-19(22(31)29-21(15(3)4)24(33)34)26-23(32)20(13-30)28-25(35)27-18-11-7-9-16-8-5-6-10-17(16)18/h5-11,14-15,19-21,30H,12-13H2,1-4H3,(H,26,32)(H,29,31)(H,33,34)(H2,27,28,35)/t19-,20-,21-/m0/s1. The Bertz CT molecular complexity index is 1050. The third-order valence-corrected chi connectivity index (χ3v) is 5.41. The summed E-state index contributed by atoms with van der Waals surface area (Å²) in [7, 11) is 0. The Labute approximate surface area is 204 Å². The first kappa shape index (κ1) is 27.6. The second kappa shape index (κ2) is 12.7. The van der Waals surface area contributed by atoms with E-state index in [1.807, 2.05) is 44.2 Å². The topological polar surface area (TPSA) is 157 Å². The fourth-order valence-electron chi connectivity index (χ4n) is 3.59. The highest BCUT2D eigenvalue weighted by atomic mass is 16.4. The van der Waals surface area contributed by atoms with Crippen LogP contribution in [0.15, 0.2) is 42.5 Å². The fourth-order valence-corrected chi connectivity index (χ4v) is 3.59. The molecule has 190 valence electrons. The molecule has 4 amide bonds. The number of benzene rings is 2. The average Bonchev–Trinajstić information content (AvgIpc) is 2.79. The molecule has 0 fully saturated rings. The van der Waals surface area contributed by atoms with Crippen LogP contribution < -0.4 is 21.3 Å². The van der Waals surface area contributed by atoms with Crippen molar-refractivity contribution in [1.29, 1.82) is 0 Å². The lowest BCUT2D eigenvalue weighted by molar-refractivity contribution is -0.143. The number of carboxylic acids is 1. The van der Waals surface area contributed by atoms with Gasteiger partial charge in [0, 0.05) is 5.39 Å². The molecule has 0 bridgehead atoms. The number of aliphatic carboxylic acids is 1. The number of carbonyl (C=O) groups excluding carboxylic acids is 3. The minimum Gasteiger partial charge on any atom is -0.480 e. The molecular weight excluding hydrogens is 452 g/mol. The highest BCUT2D eigenvalue weighted by Gasteiger charge is 2.31. The first-order chi connectivity index (χ1) is 16.5. The molecule has 0 radical (unpaired) electrons. The van der Waals surface area contributed by atoms with Crippen LogP contribution in [0, 0.1) is 11.8 Å². The van der Waals surface area contributed by atoms with Gasteiger partial charge < -0.3 is 31.5 Å². The normalized spacial score (nSPS) is 13.7. The van der Waals surface area contributed by atoms with E-state index in [9.17, 15) is 29.4 Å². The zero-order chi connectivity index (χ0) is 26.1. The summed E-state index contributed by atoms with van der Waals surface area (Å²) in [4.78, 5) is 49.6. The van der Waals surface area contributed by atoms with Crippen molar-refractivity contribution in [3.63, 3.8) is 0 Å². The van der Waals surface area contributed by atoms with Crippen LogP contribution in [-0.2, 0) is 14.4 Å². The zero-order valence-corrected chi connectivity index (χ0v) is 20.4. The van der Waals surface area contributed by atoms with Crippen LogP contribution in [0.25, 0.3) is 10.8 Å². The maximum Gasteiger partial charge on any atom is 0.326 e. The summed E-state index contributed by atoms with van der Waals surface area (Å²) in [6, 6.07) is 8.67. The Morgan fingerprint density at radius 1 is 0.829 bits per heavy atom. The van der Waals surface area contributed by atoms with E-state index < -0.39 is 48.5 Å². The zero-order valence-electron chi connectivity index (χ0n) is 20.4. The highest BCUT2D eigenvalue weighted by Crippen LogP contribution is 2.22. The minimum absolute atomic E-state index is 0.00331. The number of nitrogens with one attached hydrogen (secondary N) is 4. The van der Waals surface area contributed by atoms with Gasteiger partial charge in [-0.25, -0.2) is 9.59 Å². The molecule has 0 heterocycles. The van der Waals surface area contributed by atoms with Gasteiger partial charge in [0.25, 0.3) is 0 Å². The molecule has 3 atom stereocenters. The molecule has 2 aromatic carbocycles. The molecule has 2 rings (SSSR count). The number of rotatable bonds is 11. The van der Waals surface area contributed by atoms with Crippen LogP contribution in [0.5, 0.6) is 0 Å². The van der Waals surface area contributed by atoms with E-state index in [1.54, 1.807) is 26.0 Å². The van der Waals surface area contributed by atoms with Gasteiger partial charge in [-0.15, -0.1) is 0 Å². The van der Waals surface area contributed by atoms with E-state index in [2.05, 4.69) is 21.3 Å². The predicted octanol–water partition coefficient (Wildman–Crippen LogP) is 2.08. The summed E-state index contributed by atoms with van der Waals surface area (Å²) in [6.07, 6.45) is 0.238. The lowest BCUT2D eigenvalue weighted by Gasteiger charge is -2.26. The molecule has 0 saturated carbocycles. The monoisotopic (exact) mass is 486 g/mol. The van der Waals surface area contributed by atoms with Gasteiger partial charge in [0.15, 0.2) is 0 Å². The van der Waals surface area contributed by atoms with Crippen LogP contribution in [0.2, 0.25) is 0 Å². The number of fused-ring (bicyclic) bond motifs is 1.